The lowest BCUT2D eigenvalue weighted by Gasteiger charge is -2.20. The highest BCUT2D eigenvalue weighted by Crippen LogP contribution is 2.27. The van der Waals surface area contributed by atoms with Crippen LogP contribution in [0.15, 0.2) is 0 Å². The van der Waals surface area contributed by atoms with Gasteiger partial charge >= 0.3 is 0 Å². The summed E-state index contributed by atoms with van der Waals surface area (Å²) in [5.41, 5.74) is 0. The Balaban J connectivity index is 1.94. The topological polar surface area (TPSA) is 15.3 Å². The highest BCUT2D eigenvalue weighted by atomic mass is 15.2. The summed E-state index contributed by atoms with van der Waals surface area (Å²) in [5, 5.41) is 3.46. The number of hydrogen-bond acceptors (Lipinski definition) is 2. The molecule has 2 heterocycles. The fourth-order valence-corrected chi connectivity index (χ4v) is 2.31. The smallest absolute Gasteiger partial charge is 0.00388 e. The second-order valence-corrected chi connectivity index (χ2v) is 4.23. The average molecular weight is 154 g/mol. The molecule has 2 aliphatic heterocycles. The maximum Gasteiger partial charge on any atom is 0.00388 e. The van der Waals surface area contributed by atoms with E-state index in [0.29, 0.717) is 0 Å². The number of hydrogen-bond donors (Lipinski definition) is 1. The van der Waals surface area contributed by atoms with Gasteiger partial charge in [-0.25, -0.2) is 0 Å². The van der Waals surface area contributed by atoms with Gasteiger partial charge in [-0.2, -0.15) is 0 Å². The van der Waals surface area contributed by atoms with Crippen LogP contribution in [0.3, 0.4) is 0 Å². The lowest BCUT2D eigenvalue weighted by molar-refractivity contribution is 0.256. The van der Waals surface area contributed by atoms with Gasteiger partial charge in [-0.1, -0.05) is 0 Å². The van der Waals surface area contributed by atoms with Crippen molar-refractivity contribution < 1.29 is 0 Å². The molecule has 11 heavy (non-hydrogen) atoms. The van der Waals surface area contributed by atoms with Gasteiger partial charge in [0.1, 0.15) is 0 Å². The molecule has 0 saturated carbocycles. The minimum Gasteiger partial charge on any atom is -0.316 e. The third-order valence-electron chi connectivity index (χ3n) is 3.15. The molecule has 64 valence electrons. The zero-order chi connectivity index (χ0) is 7.84. The van der Waals surface area contributed by atoms with E-state index in [2.05, 4.69) is 24.1 Å². The number of nitrogens with one attached hydrogen (secondary N) is 1. The van der Waals surface area contributed by atoms with Crippen LogP contribution in [0.25, 0.3) is 0 Å². The van der Waals surface area contributed by atoms with Crippen molar-refractivity contribution in [3.63, 3.8) is 0 Å². The van der Waals surface area contributed by atoms with E-state index in [0.717, 1.165) is 17.9 Å². The Morgan fingerprint density at radius 3 is 2.18 bits per heavy atom. The Hall–Kier alpha value is -0.0800. The first-order valence-electron chi connectivity index (χ1n) is 4.72. The summed E-state index contributed by atoms with van der Waals surface area (Å²) >= 11 is 0. The molecule has 2 nitrogen and oxygen atoms in total. The summed E-state index contributed by atoms with van der Waals surface area (Å²) in [6.07, 6.45) is 0. The molecule has 1 unspecified atom stereocenters. The van der Waals surface area contributed by atoms with Gasteiger partial charge in [0.05, 0.1) is 0 Å². The summed E-state index contributed by atoms with van der Waals surface area (Å²) in [6.45, 7) is 9.77. The average Bonchev–Trinajstić information content (AvgIpc) is 2.40. The Bertz CT molecular complexity index is 132. The largest absolute Gasteiger partial charge is 0.316 e. The van der Waals surface area contributed by atoms with Gasteiger partial charge in [0.25, 0.3) is 0 Å². The Labute approximate surface area is 69.0 Å². The Morgan fingerprint density at radius 1 is 1.18 bits per heavy atom. The molecule has 2 aliphatic rings. The Kier molecular flexibility index (Phi) is 1.90. The van der Waals surface area contributed by atoms with Crippen LogP contribution in [0.5, 0.6) is 0 Å². The molecule has 0 aliphatic carbocycles. The molecule has 2 heteroatoms. The minimum atomic E-state index is 0.751. The molecule has 2 rings (SSSR count). The van der Waals surface area contributed by atoms with E-state index in [4.69, 9.17) is 0 Å². The molecule has 2 atom stereocenters. The van der Waals surface area contributed by atoms with Crippen molar-refractivity contribution in [2.75, 3.05) is 26.2 Å². The zero-order valence-corrected chi connectivity index (χ0v) is 7.51. The number of rotatable bonds is 1. The van der Waals surface area contributed by atoms with Crippen molar-refractivity contribution in [1.29, 1.82) is 0 Å². The van der Waals surface area contributed by atoms with Crippen LogP contribution in [0.1, 0.15) is 13.8 Å². The van der Waals surface area contributed by atoms with Gasteiger partial charge in [0.2, 0.25) is 0 Å². The molecular weight excluding hydrogens is 136 g/mol. The third kappa shape index (κ3) is 1.30. The minimum absolute atomic E-state index is 0.751. The number of fused-ring (bicyclic) bond motifs is 1. The van der Waals surface area contributed by atoms with Gasteiger partial charge in [0, 0.05) is 19.1 Å². The van der Waals surface area contributed by atoms with E-state index >= 15 is 0 Å². The van der Waals surface area contributed by atoms with Gasteiger partial charge in [-0.15, -0.1) is 0 Å². The highest BCUT2D eigenvalue weighted by Gasteiger charge is 2.36. The third-order valence-corrected chi connectivity index (χ3v) is 3.15. The summed E-state index contributed by atoms with van der Waals surface area (Å²) in [4.78, 5) is 2.61. The molecular formula is C9H18N2. The molecule has 0 aromatic carbocycles. The molecule has 0 amide bonds. The van der Waals surface area contributed by atoms with E-state index in [1.807, 2.05) is 0 Å². The highest BCUT2D eigenvalue weighted by molar-refractivity contribution is 4.91. The summed E-state index contributed by atoms with van der Waals surface area (Å²) in [6, 6.07) is 0.751. The van der Waals surface area contributed by atoms with Crippen molar-refractivity contribution in [2.24, 2.45) is 11.8 Å². The lowest BCUT2D eigenvalue weighted by Crippen LogP contribution is -2.31. The second kappa shape index (κ2) is 2.76. The van der Waals surface area contributed by atoms with Crippen LogP contribution in [0, 0.1) is 11.8 Å². The normalized spacial score (nSPS) is 38.5. The maximum atomic E-state index is 3.46. The van der Waals surface area contributed by atoms with E-state index < -0.39 is 0 Å². The summed E-state index contributed by atoms with van der Waals surface area (Å²) in [5.74, 6) is 1.91. The molecule has 1 N–H and O–H groups in total. The first-order valence-corrected chi connectivity index (χ1v) is 4.72. The fourth-order valence-electron chi connectivity index (χ4n) is 2.31. The molecule has 2 fully saturated rings. The van der Waals surface area contributed by atoms with Crippen molar-refractivity contribution in [3.8, 4) is 0 Å². The SMILES string of the molecule is CC(C)N1CC2CNC[C@@H]2C1. The second-order valence-electron chi connectivity index (χ2n) is 4.23. The first kappa shape index (κ1) is 7.56. The standard InChI is InChI=1S/C9H18N2/c1-7(2)11-5-8-3-10-4-9(8)6-11/h7-10H,3-6H2,1-2H3/t8-,9?/m1/s1. The van der Waals surface area contributed by atoms with Crippen molar-refractivity contribution in [3.05, 3.63) is 0 Å². The Morgan fingerprint density at radius 2 is 1.73 bits per heavy atom. The van der Waals surface area contributed by atoms with Crippen LogP contribution in [-0.4, -0.2) is 37.1 Å². The van der Waals surface area contributed by atoms with E-state index in [-0.39, 0.29) is 0 Å². The van der Waals surface area contributed by atoms with E-state index in [1.54, 1.807) is 0 Å². The predicted molar refractivity (Wildman–Crippen MR) is 46.6 cm³/mol. The molecule has 0 aromatic rings. The van der Waals surface area contributed by atoms with E-state index in [9.17, 15) is 0 Å². The van der Waals surface area contributed by atoms with Crippen molar-refractivity contribution in [2.45, 2.75) is 19.9 Å². The van der Waals surface area contributed by atoms with Crippen LogP contribution < -0.4 is 5.32 Å². The number of likely N-dealkylation sites (tertiary alicyclic amines) is 1. The van der Waals surface area contributed by atoms with Gasteiger partial charge in [-0.05, 0) is 38.8 Å². The molecule has 0 bridgehead atoms. The fraction of sp³-hybridized carbons (Fsp3) is 1.00. The summed E-state index contributed by atoms with van der Waals surface area (Å²) in [7, 11) is 0. The maximum absolute atomic E-state index is 3.46. The lowest BCUT2D eigenvalue weighted by atomic mass is 10.0. The quantitative estimate of drug-likeness (QED) is 0.593. The van der Waals surface area contributed by atoms with E-state index in [1.165, 1.54) is 26.2 Å². The predicted octanol–water partition coefficient (Wildman–Crippen LogP) is 0.546. The zero-order valence-electron chi connectivity index (χ0n) is 7.51. The van der Waals surface area contributed by atoms with Crippen molar-refractivity contribution in [1.82, 2.24) is 10.2 Å². The summed E-state index contributed by atoms with van der Waals surface area (Å²) < 4.78 is 0. The molecule has 0 radical (unpaired) electrons. The van der Waals surface area contributed by atoms with Crippen LogP contribution in [0.4, 0.5) is 0 Å². The van der Waals surface area contributed by atoms with Crippen LogP contribution in [-0.2, 0) is 0 Å². The monoisotopic (exact) mass is 154 g/mol. The molecule has 0 aromatic heterocycles. The van der Waals surface area contributed by atoms with Gasteiger partial charge in [-0.3, -0.25) is 0 Å². The van der Waals surface area contributed by atoms with Gasteiger partial charge in [0.15, 0.2) is 0 Å². The molecule has 0 spiro atoms. The molecule has 2 saturated heterocycles. The van der Waals surface area contributed by atoms with Crippen molar-refractivity contribution >= 4 is 0 Å². The first-order chi connectivity index (χ1) is 5.27. The number of nitrogens with zero attached hydrogens (tertiary/aromatic N) is 1. The van der Waals surface area contributed by atoms with Gasteiger partial charge < -0.3 is 10.2 Å². The van der Waals surface area contributed by atoms with Crippen LogP contribution >= 0.6 is 0 Å². The van der Waals surface area contributed by atoms with Crippen LogP contribution in [0.2, 0.25) is 0 Å².